The molecule has 0 atom stereocenters. The van der Waals surface area contributed by atoms with Gasteiger partial charge in [0.25, 0.3) is 0 Å². The molecule has 2 rings (SSSR count). The predicted octanol–water partition coefficient (Wildman–Crippen LogP) is 4.31. The minimum absolute atomic E-state index is 0.129. The van der Waals surface area contributed by atoms with E-state index in [4.69, 9.17) is 34.3 Å². The summed E-state index contributed by atoms with van der Waals surface area (Å²) in [5, 5.41) is 0.717. The van der Waals surface area contributed by atoms with Gasteiger partial charge in [0.05, 0.1) is 0 Å². The van der Waals surface area contributed by atoms with Crippen molar-refractivity contribution in [3.63, 3.8) is 0 Å². The molecule has 0 saturated carbocycles. The Morgan fingerprint density at radius 3 is 2.38 bits per heavy atom. The molecule has 2 nitrogen and oxygen atoms in total. The van der Waals surface area contributed by atoms with Gasteiger partial charge in [0.2, 0.25) is 0 Å². The molecule has 2 N–H and O–H groups in total. The minimum atomic E-state index is -0.386. The lowest BCUT2D eigenvalue weighted by Gasteiger charge is -2.11. The first-order chi connectivity index (χ1) is 9.88. The SMILES string of the molecule is Cc1cc(OCc2ccc(C(N)=S)cc2F)cc(C)c1Cl. The van der Waals surface area contributed by atoms with E-state index in [1.165, 1.54) is 6.07 Å². The molecule has 2 aromatic carbocycles. The fourth-order valence-corrected chi connectivity index (χ4v) is 2.20. The minimum Gasteiger partial charge on any atom is -0.489 e. The summed E-state index contributed by atoms with van der Waals surface area (Å²) in [6.45, 7) is 3.93. The van der Waals surface area contributed by atoms with Crippen molar-refractivity contribution in [1.29, 1.82) is 0 Å². The summed E-state index contributed by atoms with van der Waals surface area (Å²) in [5.74, 6) is 0.273. The van der Waals surface area contributed by atoms with E-state index in [0.717, 1.165) is 11.1 Å². The third kappa shape index (κ3) is 3.71. The Kier molecular flexibility index (Phi) is 4.80. The highest BCUT2D eigenvalue weighted by Crippen LogP contribution is 2.26. The van der Waals surface area contributed by atoms with Crippen molar-refractivity contribution >= 4 is 28.8 Å². The van der Waals surface area contributed by atoms with Crippen LogP contribution in [0.5, 0.6) is 5.75 Å². The third-order valence-corrected chi connectivity index (χ3v) is 3.97. The summed E-state index contributed by atoms with van der Waals surface area (Å²) in [7, 11) is 0. The van der Waals surface area contributed by atoms with E-state index in [1.54, 1.807) is 12.1 Å². The second-order valence-electron chi connectivity index (χ2n) is 4.83. The highest BCUT2D eigenvalue weighted by Gasteiger charge is 2.08. The van der Waals surface area contributed by atoms with Crippen LogP contribution in [0.2, 0.25) is 5.02 Å². The molecule has 0 bridgehead atoms. The van der Waals surface area contributed by atoms with Gasteiger partial charge in [0.1, 0.15) is 23.2 Å². The zero-order valence-electron chi connectivity index (χ0n) is 11.7. The van der Waals surface area contributed by atoms with Crippen molar-refractivity contribution in [2.45, 2.75) is 20.5 Å². The molecule has 0 aromatic heterocycles. The molecule has 110 valence electrons. The molecule has 0 fully saturated rings. The van der Waals surface area contributed by atoms with Crippen LogP contribution in [0.4, 0.5) is 4.39 Å². The molecule has 0 aliphatic carbocycles. The van der Waals surface area contributed by atoms with Crippen LogP contribution in [0.1, 0.15) is 22.3 Å². The van der Waals surface area contributed by atoms with Gasteiger partial charge in [0.15, 0.2) is 0 Å². The van der Waals surface area contributed by atoms with Crippen LogP contribution in [-0.2, 0) is 6.61 Å². The third-order valence-electron chi connectivity index (χ3n) is 3.14. The zero-order chi connectivity index (χ0) is 15.6. The monoisotopic (exact) mass is 323 g/mol. The van der Waals surface area contributed by atoms with Gasteiger partial charge < -0.3 is 10.5 Å². The first-order valence-electron chi connectivity index (χ1n) is 6.36. The number of rotatable bonds is 4. The number of benzene rings is 2. The molecule has 0 aliphatic heterocycles. The Labute approximate surface area is 133 Å². The number of nitrogens with two attached hydrogens (primary N) is 1. The highest BCUT2D eigenvalue weighted by atomic mass is 35.5. The van der Waals surface area contributed by atoms with Gasteiger partial charge in [-0.25, -0.2) is 4.39 Å². The second-order valence-corrected chi connectivity index (χ2v) is 5.65. The Morgan fingerprint density at radius 2 is 1.86 bits per heavy atom. The molecule has 0 aliphatic rings. The van der Waals surface area contributed by atoms with Gasteiger partial charge >= 0.3 is 0 Å². The summed E-state index contributed by atoms with van der Waals surface area (Å²) in [5.41, 5.74) is 8.27. The maximum absolute atomic E-state index is 13.9. The van der Waals surface area contributed by atoms with E-state index in [1.807, 2.05) is 26.0 Å². The number of halogens is 2. The standard InChI is InChI=1S/C16H15ClFNOS/c1-9-5-13(6-10(2)15(9)17)20-8-12-4-3-11(16(19)21)7-14(12)18/h3-7H,8H2,1-2H3,(H2,19,21). The number of hydrogen-bond acceptors (Lipinski definition) is 2. The fourth-order valence-electron chi connectivity index (χ4n) is 1.97. The molecular weight excluding hydrogens is 309 g/mol. The lowest BCUT2D eigenvalue weighted by molar-refractivity contribution is 0.299. The molecule has 2 aromatic rings. The smallest absolute Gasteiger partial charge is 0.130 e. The zero-order valence-corrected chi connectivity index (χ0v) is 13.3. The van der Waals surface area contributed by atoms with E-state index < -0.39 is 0 Å². The van der Waals surface area contributed by atoms with E-state index in [0.29, 0.717) is 21.9 Å². The summed E-state index contributed by atoms with van der Waals surface area (Å²) in [6.07, 6.45) is 0. The Hall–Kier alpha value is -1.65. The lowest BCUT2D eigenvalue weighted by atomic mass is 10.1. The maximum Gasteiger partial charge on any atom is 0.130 e. The van der Waals surface area contributed by atoms with Crippen molar-refractivity contribution in [3.05, 3.63) is 63.4 Å². The van der Waals surface area contributed by atoms with Gasteiger partial charge in [-0.3, -0.25) is 0 Å². The largest absolute Gasteiger partial charge is 0.489 e. The Morgan fingerprint density at radius 1 is 1.24 bits per heavy atom. The van der Waals surface area contributed by atoms with E-state index in [-0.39, 0.29) is 17.4 Å². The van der Waals surface area contributed by atoms with Crippen molar-refractivity contribution in [3.8, 4) is 5.75 Å². The molecule has 21 heavy (non-hydrogen) atoms. The van der Waals surface area contributed by atoms with Crippen LogP contribution < -0.4 is 10.5 Å². The van der Waals surface area contributed by atoms with Crippen LogP contribution in [0, 0.1) is 19.7 Å². The predicted molar refractivity (Wildman–Crippen MR) is 87.5 cm³/mol. The topological polar surface area (TPSA) is 35.2 Å². The van der Waals surface area contributed by atoms with Gasteiger partial charge in [0, 0.05) is 16.1 Å². The molecule has 0 unspecified atom stereocenters. The summed E-state index contributed by atoms with van der Waals surface area (Å²) in [6, 6.07) is 8.29. The molecule has 0 spiro atoms. The lowest BCUT2D eigenvalue weighted by Crippen LogP contribution is -2.10. The number of aryl methyl sites for hydroxylation is 2. The van der Waals surface area contributed by atoms with Gasteiger partial charge in [-0.1, -0.05) is 36.0 Å². The maximum atomic E-state index is 13.9. The molecular formula is C16H15ClFNOS. The molecule has 0 heterocycles. The first kappa shape index (κ1) is 15.7. The normalized spacial score (nSPS) is 10.5. The fraction of sp³-hybridized carbons (Fsp3) is 0.188. The molecule has 5 heteroatoms. The van der Waals surface area contributed by atoms with Crippen molar-refractivity contribution in [2.24, 2.45) is 5.73 Å². The average Bonchev–Trinajstić information content (AvgIpc) is 2.43. The van der Waals surface area contributed by atoms with E-state index >= 15 is 0 Å². The molecule has 0 saturated heterocycles. The number of hydrogen-bond donors (Lipinski definition) is 1. The molecule has 0 radical (unpaired) electrons. The quantitative estimate of drug-likeness (QED) is 0.852. The van der Waals surface area contributed by atoms with Gasteiger partial charge in [-0.05, 0) is 43.2 Å². The Bertz CT molecular complexity index is 680. The van der Waals surface area contributed by atoms with Crippen LogP contribution in [0.25, 0.3) is 0 Å². The van der Waals surface area contributed by atoms with Gasteiger partial charge in [-0.2, -0.15) is 0 Å². The van der Waals surface area contributed by atoms with E-state index in [2.05, 4.69) is 0 Å². The molecule has 0 amide bonds. The van der Waals surface area contributed by atoms with E-state index in [9.17, 15) is 4.39 Å². The van der Waals surface area contributed by atoms with Crippen molar-refractivity contribution in [1.82, 2.24) is 0 Å². The van der Waals surface area contributed by atoms with Crippen LogP contribution in [-0.4, -0.2) is 4.99 Å². The van der Waals surface area contributed by atoms with Crippen LogP contribution >= 0.6 is 23.8 Å². The second kappa shape index (κ2) is 6.41. The van der Waals surface area contributed by atoms with Crippen LogP contribution in [0.3, 0.4) is 0 Å². The summed E-state index contributed by atoms with van der Waals surface area (Å²) in [4.78, 5) is 0.172. The Balaban J connectivity index is 2.15. The highest BCUT2D eigenvalue weighted by molar-refractivity contribution is 7.80. The van der Waals surface area contributed by atoms with Gasteiger partial charge in [-0.15, -0.1) is 0 Å². The number of ether oxygens (including phenoxy) is 1. The first-order valence-corrected chi connectivity index (χ1v) is 7.15. The summed E-state index contributed by atoms with van der Waals surface area (Å²) < 4.78 is 19.5. The summed E-state index contributed by atoms with van der Waals surface area (Å²) >= 11 is 10.9. The number of thiocarbonyl (C=S) groups is 1. The van der Waals surface area contributed by atoms with Crippen molar-refractivity contribution < 1.29 is 9.13 Å². The van der Waals surface area contributed by atoms with Crippen molar-refractivity contribution in [2.75, 3.05) is 0 Å². The average molecular weight is 324 g/mol. The van der Waals surface area contributed by atoms with Crippen LogP contribution in [0.15, 0.2) is 30.3 Å².